The van der Waals surface area contributed by atoms with E-state index in [1.54, 1.807) is 23.5 Å². The fraction of sp³-hybridized carbons (Fsp3) is 0.857. The molecule has 0 saturated heterocycles. The number of carbonyl (C=O) groups excluding carboxylic acids is 1. The molecule has 0 heterocycles. The summed E-state index contributed by atoms with van der Waals surface area (Å²) in [5.41, 5.74) is 4.22. The third kappa shape index (κ3) is 18.1. The van der Waals surface area contributed by atoms with Crippen molar-refractivity contribution in [3.05, 3.63) is 0 Å². The van der Waals surface area contributed by atoms with Crippen molar-refractivity contribution in [3.63, 3.8) is 0 Å². The van der Waals surface area contributed by atoms with E-state index < -0.39 is 0 Å². The Morgan fingerprint density at radius 3 is 2.50 bits per heavy atom. The summed E-state index contributed by atoms with van der Waals surface area (Å²) in [5, 5.41) is 0. The van der Waals surface area contributed by atoms with Crippen LogP contribution >= 0.6 is 63.5 Å². The van der Waals surface area contributed by atoms with E-state index in [1.165, 1.54) is 0 Å². The Hall–Kier alpha value is 2.05. The van der Waals surface area contributed by atoms with Crippen LogP contribution in [0, 0.1) is 0 Å². The van der Waals surface area contributed by atoms with Crippen molar-refractivity contribution in [2.45, 2.75) is 17.9 Å². The molecule has 0 aliphatic heterocycles. The molecule has 0 aromatic rings. The number of halogens is 2. The number of hydrogen-bond donors (Lipinski definition) is 4. The molecule has 0 spiro atoms. The third-order valence-electron chi connectivity index (χ3n) is 1.47. The predicted molar refractivity (Wildman–Crippen MR) is 92.6 cm³/mol. The molecule has 0 bridgehead atoms. The molecule has 0 aliphatic carbocycles. The molecule has 1 amide bonds. The van der Waals surface area contributed by atoms with Gasteiger partial charge in [-0.25, -0.2) is 11.7 Å². The first-order valence-electron chi connectivity index (χ1n) is 4.88. The van der Waals surface area contributed by atoms with Crippen LogP contribution in [0.2, 0.25) is 0 Å². The number of nitrogens with two attached hydrogens (primary N) is 2. The molecular formula is C7H18I2N4O2S2V. The maximum absolute atomic E-state index is 10.9. The number of nitrogens with one attached hydrogen (secondary N) is 2. The van der Waals surface area contributed by atoms with Crippen molar-refractivity contribution in [3.8, 4) is 0 Å². The molecular weight excluding hydrogens is 541 g/mol. The van der Waals surface area contributed by atoms with E-state index >= 15 is 0 Å². The summed E-state index contributed by atoms with van der Waals surface area (Å²) >= 11 is 8.05. The molecule has 0 aliphatic rings. The topological polar surface area (TPSA) is 102 Å². The number of hydrogen-bond acceptors (Lipinski definition) is 7. The zero-order valence-corrected chi connectivity index (χ0v) is 17.2. The minimum absolute atomic E-state index is 0.154. The Morgan fingerprint density at radius 1 is 1.44 bits per heavy atom. The minimum atomic E-state index is -0.154. The molecule has 0 fully saturated rings. The molecule has 109 valence electrons. The first-order chi connectivity index (χ1) is 8.65. The predicted octanol–water partition coefficient (Wildman–Crippen LogP) is 1.34. The van der Waals surface area contributed by atoms with E-state index in [-0.39, 0.29) is 5.91 Å². The van der Waals surface area contributed by atoms with E-state index in [9.17, 15) is 4.79 Å². The van der Waals surface area contributed by atoms with Gasteiger partial charge in [-0.1, -0.05) is 6.92 Å². The summed E-state index contributed by atoms with van der Waals surface area (Å²) in [7, 11) is 0.628. The van der Waals surface area contributed by atoms with Crippen LogP contribution in [0.25, 0.3) is 0 Å². The van der Waals surface area contributed by atoms with Gasteiger partial charge in [0.2, 0.25) is 5.91 Å². The second-order valence-corrected chi connectivity index (χ2v) is 17.2. The van der Waals surface area contributed by atoms with Gasteiger partial charge in [-0.2, -0.15) is 0 Å². The van der Waals surface area contributed by atoms with Crippen LogP contribution < -0.4 is 22.7 Å². The van der Waals surface area contributed by atoms with Gasteiger partial charge < -0.3 is 0 Å². The van der Waals surface area contributed by atoms with Gasteiger partial charge in [0.05, 0.1) is 16.9 Å². The number of thioether (sulfide) groups is 2. The van der Waals surface area contributed by atoms with Crippen LogP contribution in [-0.4, -0.2) is 28.6 Å². The van der Waals surface area contributed by atoms with E-state index in [2.05, 4.69) is 57.9 Å². The average molecular weight is 559 g/mol. The van der Waals surface area contributed by atoms with Crippen molar-refractivity contribution >= 4 is 69.4 Å². The summed E-state index contributed by atoms with van der Waals surface area (Å²) in [4.78, 5) is 15.7. The second kappa shape index (κ2) is 19.1. The van der Waals surface area contributed by atoms with Crippen molar-refractivity contribution in [2.75, 3.05) is 18.1 Å². The molecule has 11 heteroatoms. The third-order valence-corrected chi connectivity index (χ3v) is 4.53. The quantitative estimate of drug-likeness (QED) is 0.0846. The van der Waals surface area contributed by atoms with Crippen molar-refractivity contribution in [1.82, 2.24) is 11.0 Å². The molecule has 6 nitrogen and oxygen atoms in total. The molecule has 6 N–H and O–H groups in total. The zero-order valence-electron chi connectivity index (χ0n) is 9.90. The second-order valence-electron chi connectivity index (χ2n) is 2.62. The molecule has 0 saturated carbocycles. The van der Waals surface area contributed by atoms with Gasteiger partial charge in [0.1, 0.15) is 0 Å². The normalized spacial score (nSPS) is 11.2. The van der Waals surface area contributed by atoms with Gasteiger partial charge >= 0.3 is 49.4 Å². The monoisotopic (exact) mass is 559 g/mol. The van der Waals surface area contributed by atoms with E-state index in [4.69, 9.17) is 16.5 Å². The SMILES string of the molecule is CCC(SCCONN)SCC(=O)NN.[I][V][I]. The molecule has 1 atom stereocenters. The summed E-state index contributed by atoms with van der Waals surface area (Å²) in [6, 6.07) is 0. The fourth-order valence-electron chi connectivity index (χ4n) is 0.774. The van der Waals surface area contributed by atoms with Crippen LogP contribution in [0.15, 0.2) is 0 Å². The number of rotatable bonds is 9. The molecule has 18 heavy (non-hydrogen) atoms. The molecule has 1 unspecified atom stereocenters. The summed E-state index contributed by atoms with van der Waals surface area (Å²) in [6.45, 7) is 2.62. The standard InChI is InChI=1S/C7H18N4O2S2.2HI.V/c1-2-7(14-4-3-13-11-9)15-5-6(12)10-8;;;/h7,11H,2-5,8-9H2,1H3,(H,10,12);2*1H;/q;;;+2/p-2. The first-order valence-corrected chi connectivity index (χ1v) is 16.0. The molecule has 0 radical (unpaired) electrons. The maximum atomic E-state index is 10.9. The van der Waals surface area contributed by atoms with Gasteiger partial charge in [0.15, 0.2) is 0 Å². The van der Waals surface area contributed by atoms with Crippen molar-refractivity contribution in [1.29, 1.82) is 0 Å². The summed E-state index contributed by atoms with van der Waals surface area (Å²) in [6.07, 6.45) is 0.989. The van der Waals surface area contributed by atoms with Crippen LogP contribution in [0.1, 0.15) is 13.3 Å². The van der Waals surface area contributed by atoms with Gasteiger partial charge in [0, 0.05) is 5.75 Å². The molecule has 0 aromatic carbocycles. The number of hydrazine groups is 2. The van der Waals surface area contributed by atoms with Gasteiger partial charge in [-0.05, 0) is 6.42 Å². The van der Waals surface area contributed by atoms with Crippen molar-refractivity contribution < 1.29 is 19.1 Å². The number of carbonyl (C=O) groups is 1. The molecule has 0 rings (SSSR count). The summed E-state index contributed by atoms with van der Waals surface area (Å²) < 4.78 is 0.378. The van der Waals surface area contributed by atoms with Crippen LogP contribution in [0.5, 0.6) is 0 Å². The molecule has 0 aromatic heterocycles. The Balaban J connectivity index is 0. The summed E-state index contributed by atoms with van der Waals surface area (Å²) in [5.74, 6) is 11.0. The van der Waals surface area contributed by atoms with Crippen molar-refractivity contribution in [2.24, 2.45) is 11.7 Å². The van der Waals surface area contributed by atoms with E-state index in [0.29, 0.717) is 26.4 Å². The van der Waals surface area contributed by atoms with E-state index in [0.717, 1.165) is 12.2 Å². The van der Waals surface area contributed by atoms with Crippen LogP contribution in [0.4, 0.5) is 0 Å². The van der Waals surface area contributed by atoms with Gasteiger partial charge in [-0.15, -0.1) is 29.1 Å². The van der Waals surface area contributed by atoms with Crippen LogP contribution in [-0.2, 0) is 19.1 Å². The van der Waals surface area contributed by atoms with E-state index in [1.807, 2.05) is 0 Å². The first kappa shape index (κ1) is 22.3. The van der Waals surface area contributed by atoms with Crippen LogP contribution in [0.3, 0.4) is 0 Å². The fourth-order valence-corrected chi connectivity index (χ4v) is 2.99. The van der Waals surface area contributed by atoms with Gasteiger partial charge in [-0.3, -0.25) is 15.1 Å². The Labute approximate surface area is 145 Å². The Kier molecular flexibility index (Phi) is 23.6. The Bertz CT molecular complexity index is 199. The number of amides is 1. The zero-order chi connectivity index (χ0) is 14.2. The Morgan fingerprint density at radius 2 is 2.06 bits per heavy atom. The van der Waals surface area contributed by atoms with Gasteiger partial charge in [0.25, 0.3) is 0 Å². The average Bonchev–Trinajstić information content (AvgIpc) is 2.38.